The van der Waals surface area contributed by atoms with Crippen LogP contribution < -0.4 is 0 Å². The lowest BCUT2D eigenvalue weighted by Gasteiger charge is -2.46. The molecule has 92 valence electrons. The van der Waals surface area contributed by atoms with Crippen LogP contribution >= 0.6 is 0 Å². The zero-order valence-corrected chi connectivity index (χ0v) is 11.0. The fourth-order valence-corrected chi connectivity index (χ4v) is 5.11. The summed E-state index contributed by atoms with van der Waals surface area (Å²) in [6.07, 6.45) is 17.1. The molecule has 0 heterocycles. The molecule has 3 fully saturated rings. The van der Waals surface area contributed by atoms with E-state index in [1.165, 1.54) is 25.7 Å². The van der Waals surface area contributed by atoms with Crippen LogP contribution in [0.3, 0.4) is 0 Å². The highest BCUT2D eigenvalue weighted by molar-refractivity contribution is 4.97. The normalized spacial score (nSPS) is 38.8. The predicted octanol–water partition coefficient (Wildman–Crippen LogP) is 5.17. The first-order chi connectivity index (χ1) is 7.84. The Hall–Kier alpha value is 0. The summed E-state index contributed by atoms with van der Waals surface area (Å²) in [5.41, 5.74) is 0.827. The molecule has 0 spiro atoms. The Bertz CT molecular complexity index is 227. The standard InChI is InChI=1S/C16H28/c1-2-16(10-5-11-16)15-9-8-14(12-15)13-6-3-4-7-13/h13-15H,2-12H2,1H3. The lowest BCUT2D eigenvalue weighted by Crippen LogP contribution is -2.35. The van der Waals surface area contributed by atoms with Gasteiger partial charge in [0.05, 0.1) is 0 Å². The van der Waals surface area contributed by atoms with Crippen LogP contribution in [0.1, 0.15) is 77.6 Å². The zero-order chi connectivity index (χ0) is 11.0. The Kier molecular flexibility index (Phi) is 3.02. The average molecular weight is 220 g/mol. The van der Waals surface area contributed by atoms with Crippen LogP contribution in [0.25, 0.3) is 0 Å². The van der Waals surface area contributed by atoms with E-state index in [4.69, 9.17) is 0 Å². The molecule has 2 atom stereocenters. The molecule has 2 unspecified atom stereocenters. The van der Waals surface area contributed by atoms with Crippen molar-refractivity contribution in [3.05, 3.63) is 0 Å². The van der Waals surface area contributed by atoms with E-state index in [1.807, 2.05) is 0 Å². The highest BCUT2D eigenvalue weighted by Crippen LogP contribution is 2.57. The lowest BCUT2D eigenvalue weighted by molar-refractivity contribution is 0.0430. The smallest absolute Gasteiger partial charge is 0.0272 e. The van der Waals surface area contributed by atoms with Gasteiger partial charge in [-0.25, -0.2) is 0 Å². The Labute approximate surface area is 101 Å². The van der Waals surface area contributed by atoms with Gasteiger partial charge >= 0.3 is 0 Å². The maximum absolute atomic E-state index is 2.45. The summed E-state index contributed by atoms with van der Waals surface area (Å²) in [4.78, 5) is 0. The predicted molar refractivity (Wildman–Crippen MR) is 69.4 cm³/mol. The molecular formula is C16H28. The van der Waals surface area contributed by atoms with Crippen LogP contribution in [0.2, 0.25) is 0 Å². The Balaban J connectivity index is 1.59. The van der Waals surface area contributed by atoms with E-state index in [0.29, 0.717) is 0 Å². The van der Waals surface area contributed by atoms with Crippen molar-refractivity contribution in [3.63, 3.8) is 0 Å². The molecule has 0 heteroatoms. The molecule has 3 saturated carbocycles. The molecule has 3 aliphatic rings. The van der Waals surface area contributed by atoms with Gasteiger partial charge in [-0.15, -0.1) is 0 Å². The summed E-state index contributed by atoms with van der Waals surface area (Å²) in [5, 5.41) is 0. The van der Waals surface area contributed by atoms with Crippen LogP contribution in [-0.2, 0) is 0 Å². The van der Waals surface area contributed by atoms with Crippen LogP contribution in [-0.4, -0.2) is 0 Å². The maximum atomic E-state index is 2.45. The van der Waals surface area contributed by atoms with Crippen LogP contribution in [0.4, 0.5) is 0 Å². The first kappa shape index (κ1) is 11.1. The van der Waals surface area contributed by atoms with E-state index in [9.17, 15) is 0 Å². The molecule has 0 amide bonds. The van der Waals surface area contributed by atoms with Gasteiger partial charge in [-0.3, -0.25) is 0 Å². The molecule has 3 rings (SSSR count). The third kappa shape index (κ3) is 1.73. The quantitative estimate of drug-likeness (QED) is 0.615. The van der Waals surface area contributed by atoms with E-state index in [1.54, 1.807) is 44.9 Å². The van der Waals surface area contributed by atoms with E-state index >= 15 is 0 Å². The van der Waals surface area contributed by atoms with Crippen molar-refractivity contribution in [1.29, 1.82) is 0 Å². The zero-order valence-electron chi connectivity index (χ0n) is 11.0. The first-order valence-corrected chi connectivity index (χ1v) is 7.84. The number of hydrogen-bond donors (Lipinski definition) is 0. The molecule has 0 aromatic heterocycles. The summed E-state index contributed by atoms with van der Waals surface area (Å²) in [6.45, 7) is 2.45. The van der Waals surface area contributed by atoms with Gasteiger partial charge in [0, 0.05) is 0 Å². The topological polar surface area (TPSA) is 0 Å². The molecule has 0 aromatic rings. The van der Waals surface area contributed by atoms with Crippen molar-refractivity contribution in [1.82, 2.24) is 0 Å². The van der Waals surface area contributed by atoms with Crippen molar-refractivity contribution < 1.29 is 0 Å². The van der Waals surface area contributed by atoms with Crippen molar-refractivity contribution >= 4 is 0 Å². The second-order valence-corrected chi connectivity index (χ2v) is 6.88. The SMILES string of the molecule is CCC1(C2CCC(C3CCCC3)C2)CCC1. The molecular weight excluding hydrogens is 192 g/mol. The summed E-state index contributed by atoms with van der Waals surface area (Å²) < 4.78 is 0. The van der Waals surface area contributed by atoms with Gasteiger partial charge in [0.2, 0.25) is 0 Å². The van der Waals surface area contributed by atoms with Gasteiger partial charge in [-0.05, 0) is 55.3 Å². The molecule has 0 bridgehead atoms. The minimum absolute atomic E-state index is 0.827. The van der Waals surface area contributed by atoms with Gasteiger partial charge in [-0.2, -0.15) is 0 Å². The minimum Gasteiger partial charge on any atom is -0.0648 e. The Morgan fingerprint density at radius 2 is 1.62 bits per heavy atom. The molecule has 0 radical (unpaired) electrons. The molecule has 16 heavy (non-hydrogen) atoms. The van der Waals surface area contributed by atoms with Crippen LogP contribution in [0.5, 0.6) is 0 Å². The van der Waals surface area contributed by atoms with E-state index < -0.39 is 0 Å². The summed E-state index contributed by atoms with van der Waals surface area (Å²) >= 11 is 0. The van der Waals surface area contributed by atoms with Crippen LogP contribution in [0, 0.1) is 23.2 Å². The van der Waals surface area contributed by atoms with E-state index in [-0.39, 0.29) is 0 Å². The number of hydrogen-bond acceptors (Lipinski definition) is 0. The maximum Gasteiger partial charge on any atom is -0.0272 e. The molecule has 0 aliphatic heterocycles. The van der Waals surface area contributed by atoms with Crippen molar-refractivity contribution in [3.8, 4) is 0 Å². The summed E-state index contributed by atoms with van der Waals surface area (Å²) in [7, 11) is 0. The second-order valence-electron chi connectivity index (χ2n) is 6.88. The highest BCUT2D eigenvalue weighted by atomic mass is 14.5. The minimum atomic E-state index is 0.827. The second kappa shape index (κ2) is 4.35. The summed E-state index contributed by atoms with van der Waals surface area (Å²) in [6, 6.07) is 0. The number of rotatable bonds is 3. The fraction of sp³-hybridized carbons (Fsp3) is 1.00. The van der Waals surface area contributed by atoms with Gasteiger partial charge in [0.15, 0.2) is 0 Å². The van der Waals surface area contributed by atoms with Gasteiger partial charge in [-0.1, -0.05) is 45.4 Å². The van der Waals surface area contributed by atoms with Gasteiger partial charge in [0.25, 0.3) is 0 Å². The van der Waals surface area contributed by atoms with Gasteiger partial charge < -0.3 is 0 Å². The third-order valence-electron chi connectivity index (χ3n) is 6.46. The Morgan fingerprint density at radius 1 is 0.875 bits per heavy atom. The molecule has 0 nitrogen and oxygen atoms in total. The molecule has 0 saturated heterocycles. The molecule has 0 aromatic carbocycles. The van der Waals surface area contributed by atoms with Crippen molar-refractivity contribution in [2.24, 2.45) is 23.2 Å². The molecule has 0 N–H and O–H groups in total. The van der Waals surface area contributed by atoms with Crippen LogP contribution in [0.15, 0.2) is 0 Å². The highest BCUT2D eigenvalue weighted by Gasteiger charge is 2.46. The van der Waals surface area contributed by atoms with Crippen molar-refractivity contribution in [2.45, 2.75) is 77.6 Å². The average Bonchev–Trinajstić information content (AvgIpc) is 2.86. The third-order valence-corrected chi connectivity index (χ3v) is 6.46. The monoisotopic (exact) mass is 220 g/mol. The lowest BCUT2D eigenvalue weighted by atomic mass is 9.59. The fourth-order valence-electron chi connectivity index (χ4n) is 5.11. The first-order valence-electron chi connectivity index (χ1n) is 7.84. The largest absolute Gasteiger partial charge is 0.0648 e. The van der Waals surface area contributed by atoms with Crippen molar-refractivity contribution in [2.75, 3.05) is 0 Å². The molecule has 3 aliphatic carbocycles. The van der Waals surface area contributed by atoms with E-state index in [0.717, 1.165) is 23.2 Å². The van der Waals surface area contributed by atoms with Gasteiger partial charge in [0.1, 0.15) is 0 Å². The Morgan fingerprint density at radius 3 is 2.19 bits per heavy atom. The van der Waals surface area contributed by atoms with E-state index in [2.05, 4.69) is 6.92 Å². The summed E-state index contributed by atoms with van der Waals surface area (Å²) in [5.74, 6) is 3.40.